The molecule has 0 spiro atoms. The fraction of sp³-hybridized carbons (Fsp3) is 0.682. The summed E-state index contributed by atoms with van der Waals surface area (Å²) in [6.07, 6.45) is 0.295. The van der Waals surface area contributed by atoms with E-state index in [1.54, 1.807) is 6.92 Å². The Hall–Kier alpha value is -1.82. The molecule has 8 nitrogen and oxygen atoms in total. The lowest BCUT2D eigenvalue weighted by Crippen LogP contribution is -2.52. The molecule has 1 aliphatic heterocycles. The Morgan fingerprint density at radius 3 is 2.45 bits per heavy atom. The molecule has 1 heterocycles. The number of halogens is 2. The van der Waals surface area contributed by atoms with Crippen LogP contribution in [0.5, 0.6) is 0 Å². The van der Waals surface area contributed by atoms with Crippen LogP contribution in [0.25, 0.3) is 0 Å². The lowest BCUT2D eigenvalue weighted by molar-refractivity contribution is -0.0170. The molecule has 0 aromatic heterocycles. The average molecular weight is 490 g/mol. The number of rotatable bonds is 9. The second-order valence-electron chi connectivity index (χ2n) is 8.68. The van der Waals surface area contributed by atoms with Crippen molar-refractivity contribution in [3.05, 3.63) is 35.9 Å². The van der Waals surface area contributed by atoms with Crippen LogP contribution in [0, 0.1) is 0 Å². The first-order valence-electron chi connectivity index (χ1n) is 11.3. The number of nitrogens with zero attached hydrogens (tertiary/aromatic N) is 1. The van der Waals surface area contributed by atoms with Crippen molar-refractivity contribution in [3.63, 3.8) is 0 Å². The number of alkyl halides is 2. The van der Waals surface area contributed by atoms with Gasteiger partial charge in [-0.15, -0.1) is 0 Å². The van der Waals surface area contributed by atoms with Crippen LogP contribution in [-0.2, 0) is 19.7 Å². The zero-order valence-corrected chi connectivity index (χ0v) is 19.8. The van der Waals surface area contributed by atoms with Crippen LogP contribution in [0.2, 0.25) is 0 Å². The van der Waals surface area contributed by atoms with E-state index in [2.05, 4.69) is 21.6 Å². The fourth-order valence-electron chi connectivity index (χ4n) is 4.79. The van der Waals surface area contributed by atoms with Gasteiger partial charge in [-0.3, -0.25) is 4.90 Å². The number of amides is 1. The third-order valence-corrected chi connectivity index (χ3v) is 7.61. The molecule has 0 bridgehead atoms. The van der Waals surface area contributed by atoms with E-state index in [1.165, 1.54) is 17.5 Å². The second-order valence-corrected chi connectivity index (χ2v) is 10.3. The first-order chi connectivity index (χ1) is 15.7. The molecule has 1 unspecified atom stereocenters. The fourth-order valence-corrected chi connectivity index (χ4v) is 5.56. The molecule has 1 saturated carbocycles. The Balaban J connectivity index is 1.63. The van der Waals surface area contributed by atoms with E-state index in [0.29, 0.717) is 12.3 Å². The van der Waals surface area contributed by atoms with Gasteiger partial charge in [-0.1, -0.05) is 30.3 Å². The van der Waals surface area contributed by atoms with Gasteiger partial charge in [0.15, 0.2) is 6.61 Å². The van der Waals surface area contributed by atoms with Crippen LogP contribution in [0.15, 0.2) is 30.3 Å². The van der Waals surface area contributed by atoms with Crippen molar-refractivity contribution < 1.29 is 31.5 Å². The van der Waals surface area contributed by atoms with Gasteiger partial charge in [-0.25, -0.2) is 18.3 Å². The summed E-state index contributed by atoms with van der Waals surface area (Å²) >= 11 is 0. The van der Waals surface area contributed by atoms with Gasteiger partial charge in [0.2, 0.25) is 0 Å². The van der Waals surface area contributed by atoms with Crippen LogP contribution in [0.1, 0.15) is 50.5 Å². The summed E-state index contributed by atoms with van der Waals surface area (Å²) in [7, 11) is -2.49. The number of likely N-dealkylation sites (tertiary alicyclic amines) is 1. The molecule has 1 amide bonds. The summed E-state index contributed by atoms with van der Waals surface area (Å²) in [5, 5.41) is 0. The maximum absolute atomic E-state index is 12.5. The van der Waals surface area contributed by atoms with Crippen LogP contribution >= 0.6 is 0 Å². The predicted octanol–water partition coefficient (Wildman–Crippen LogP) is 3.02. The average Bonchev–Trinajstić information content (AvgIpc) is 3.10. The molecule has 2 fully saturated rings. The number of hydrogen-bond donors (Lipinski definition) is 2. The topological polar surface area (TPSA) is 97.0 Å². The molecule has 1 aliphatic carbocycles. The number of benzene rings is 1. The SMILES string of the molecule is CNS(=O)(=O)N[C@H]1C[C@@H](C)N(C(=O)OCC(F)F)C1CO[C@H]1CC[C@@H](c2ccccc2)CC1. The summed E-state index contributed by atoms with van der Waals surface area (Å²) in [4.78, 5) is 13.8. The van der Waals surface area contributed by atoms with Crippen molar-refractivity contribution >= 4 is 16.3 Å². The van der Waals surface area contributed by atoms with Gasteiger partial charge >= 0.3 is 6.09 Å². The summed E-state index contributed by atoms with van der Waals surface area (Å²) in [5.41, 5.74) is 1.31. The minimum atomic E-state index is -3.77. The van der Waals surface area contributed by atoms with Crippen molar-refractivity contribution in [2.24, 2.45) is 0 Å². The number of carbonyl (C=O) groups excluding carboxylic acids is 1. The molecule has 1 saturated heterocycles. The Morgan fingerprint density at radius 2 is 1.85 bits per heavy atom. The minimum Gasteiger partial charge on any atom is -0.443 e. The van der Waals surface area contributed by atoms with Gasteiger partial charge in [0, 0.05) is 19.1 Å². The van der Waals surface area contributed by atoms with Crippen molar-refractivity contribution in [3.8, 4) is 0 Å². The van der Waals surface area contributed by atoms with Crippen molar-refractivity contribution in [2.45, 2.75) is 75.6 Å². The number of hydrogen-bond acceptors (Lipinski definition) is 5. The van der Waals surface area contributed by atoms with E-state index in [4.69, 9.17) is 9.47 Å². The molecule has 1 aromatic rings. The number of ether oxygens (including phenoxy) is 2. The normalized spacial score (nSPS) is 28.3. The van der Waals surface area contributed by atoms with E-state index in [9.17, 15) is 22.0 Å². The summed E-state index contributed by atoms with van der Waals surface area (Å²) in [5.74, 6) is 0.480. The minimum absolute atomic E-state index is 0.0126. The molecule has 3 rings (SSSR count). The second kappa shape index (κ2) is 11.5. The smallest absolute Gasteiger partial charge is 0.410 e. The van der Waals surface area contributed by atoms with Gasteiger partial charge < -0.3 is 9.47 Å². The Bertz CT molecular complexity index is 866. The molecule has 186 valence electrons. The van der Waals surface area contributed by atoms with Gasteiger partial charge in [0.1, 0.15) is 0 Å². The third kappa shape index (κ3) is 7.08. The lowest BCUT2D eigenvalue weighted by atomic mass is 9.83. The highest BCUT2D eigenvalue weighted by Crippen LogP contribution is 2.34. The monoisotopic (exact) mass is 489 g/mol. The largest absolute Gasteiger partial charge is 0.443 e. The predicted molar refractivity (Wildman–Crippen MR) is 119 cm³/mol. The third-order valence-electron chi connectivity index (χ3n) is 6.46. The van der Waals surface area contributed by atoms with E-state index in [1.807, 2.05) is 18.2 Å². The summed E-state index contributed by atoms with van der Waals surface area (Å²) < 4.78 is 64.9. The molecule has 2 N–H and O–H groups in total. The summed E-state index contributed by atoms with van der Waals surface area (Å²) in [6.45, 7) is 0.813. The lowest BCUT2D eigenvalue weighted by Gasteiger charge is -2.33. The first-order valence-corrected chi connectivity index (χ1v) is 12.8. The first kappa shape index (κ1) is 25.8. The maximum Gasteiger partial charge on any atom is 0.410 e. The summed E-state index contributed by atoms with van der Waals surface area (Å²) in [6, 6.07) is 8.64. The Kier molecular flexibility index (Phi) is 9.02. The zero-order valence-electron chi connectivity index (χ0n) is 19.0. The molecule has 0 radical (unpaired) electrons. The highest BCUT2D eigenvalue weighted by atomic mass is 32.2. The van der Waals surface area contributed by atoms with Gasteiger partial charge in [0.25, 0.3) is 16.6 Å². The quantitative estimate of drug-likeness (QED) is 0.556. The zero-order chi connectivity index (χ0) is 24.0. The Labute approximate surface area is 194 Å². The number of carbonyl (C=O) groups is 1. The number of nitrogens with one attached hydrogen (secondary N) is 2. The van der Waals surface area contributed by atoms with E-state index in [-0.39, 0.29) is 12.7 Å². The molecular formula is C22H33F2N3O5S. The van der Waals surface area contributed by atoms with Crippen molar-refractivity contribution in [1.82, 2.24) is 14.3 Å². The maximum atomic E-state index is 12.5. The molecule has 2 aliphatic rings. The van der Waals surface area contributed by atoms with E-state index < -0.39 is 47.5 Å². The van der Waals surface area contributed by atoms with Gasteiger partial charge in [-0.2, -0.15) is 13.1 Å². The van der Waals surface area contributed by atoms with Crippen molar-refractivity contribution in [1.29, 1.82) is 0 Å². The standard InChI is InChI=1S/C22H33F2N3O5S/c1-15-12-19(26-33(29,30)25-2)20(27(15)22(28)32-14-21(23)24)13-31-18-10-8-17(9-11-18)16-6-4-3-5-7-16/h3-7,15,17-21,25-26H,8-14H2,1-2H3/t15-,17-,18+,19+,20?/m1/s1. The van der Waals surface area contributed by atoms with Gasteiger partial charge in [-0.05, 0) is 50.5 Å². The highest BCUT2D eigenvalue weighted by molar-refractivity contribution is 7.87. The van der Waals surface area contributed by atoms with Crippen LogP contribution in [-0.4, -0.2) is 70.3 Å². The molecule has 11 heteroatoms. The van der Waals surface area contributed by atoms with Crippen LogP contribution in [0.3, 0.4) is 0 Å². The molecular weight excluding hydrogens is 456 g/mol. The van der Waals surface area contributed by atoms with E-state index >= 15 is 0 Å². The van der Waals surface area contributed by atoms with Crippen molar-refractivity contribution in [2.75, 3.05) is 20.3 Å². The molecule has 33 heavy (non-hydrogen) atoms. The van der Waals surface area contributed by atoms with Crippen LogP contribution in [0.4, 0.5) is 13.6 Å². The van der Waals surface area contributed by atoms with Crippen LogP contribution < -0.4 is 9.44 Å². The highest BCUT2D eigenvalue weighted by Gasteiger charge is 2.44. The van der Waals surface area contributed by atoms with Gasteiger partial charge in [0.05, 0.1) is 18.8 Å². The van der Waals surface area contributed by atoms with E-state index in [0.717, 1.165) is 25.7 Å². The molecule has 1 aromatic carbocycles. The molecule has 3 atom stereocenters. The Morgan fingerprint density at radius 1 is 1.18 bits per heavy atom.